The number of piperidine rings is 1. The lowest BCUT2D eigenvalue weighted by atomic mass is 9.92. The van der Waals surface area contributed by atoms with Crippen LogP contribution in [0.25, 0.3) is 0 Å². The number of hydrogen-bond acceptors (Lipinski definition) is 6. The molecule has 9 heteroatoms. The molecule has 0 spiro atoms. The molecule has 2 aliphatic rings. The monoisotopic (exact) mass is 559 g/mol. The van der Waals surface area contributed by atoms with Crippen LogP contribution in [-0.2, 0) is 16.1 Å². The highest BCUT2D eigenvalue weighted by molar-refractivity contribution is 7.18. The van der Waals surface area contributed by atoms with E-state index in [4.69, 9.17) is 16.3 Å². The van der Waals surface area contributed by atoms with E-state index in [0.29, 0.717) is 44.7 Å². The predicted octanol–water partition coefficient (Wildman–Crippen LogP) is 5.85. The molecule has 2 aromatic rings. The number of carbonyl (C=O) groups is 3. The summed E-state index contributed by atoms with van der Waals surface area (Å²) in [5.74, 6) is 0.152. The lowest BCUT2D eigenvalue weighted by Crippen LogP contribution is -2.42. The Morgan fingerprint density at radius 3 is 2.42 bits per heavy atom. The maximum atomic E-state index is 13.6. The minimum absolute atomic E-state index is 0.0541. The number of fused-ring (bicyclic) bond motifs is 1. The Hall–Kier alpha value is -2.42. The van der Waals surface area contributed by atoms with Crippen LogP contribution in [0.1, 0.15) is 69.1 Å². The van der Waals surface area contributed by atoms with Crippen LogP contribution in [0.15, 0.2) is 30.3 Å². The highest BCUT2D eigenvalue weighted by Crippen LogP contribution is 2.36. The van der Waals surface area contributed by atoms with Crippen molar-refractivity contribution in [1.82, 2.24) is 9.80 Å². The summed E-state index contributed by atoms with van der Waals surface area (Å²) in [5, 5.41) is 0. The molecule has 0 radical (unpaired) electrons. The van der Waals surface area contributed by atoms with Crippen molar-refractivity contribution in [3.05, 3.63) is 45.1 Å². The van der Waals surface area contributed by atoms with Crippen molar-refractivity contribution >= 4 is 46.4 Å². The van der Waals surface area contributed by atoms with Crippen LogP contribution >= 0.6 is 22.9 Å². The van der Waals surface area contributed by atoms with Crippen LogP contribution in [0.4, 0.5) is 5.69 Å². The Labute approximate surface area is 234 Å². The Bertz CT molecular complexity index is 1180. The molecule has 1 fully saturated rings. The number of benzene rings is 1. The van der Waals surface area contributed by atoms with Crippen LogP contribution in [0.3, 0.4) is 0 Å². The summed E-state index contributed by atoms with van der Waals surface area (Å²) in [4.78, 5) is 46.1. The maximum Gasteiger partial charge on any atom is 0.316 e. The normalized spacial score (nSPS) is 17.5. The largest absolute Gasteiger partial charge is 0.426 e. The molecule has 0 bridgehead atoms. The van der Waals surface area contributed by atoms with Gasteiger partial charge in [0.2, 0.25) is 5.91 Å². The Kier molecular flexibility index (Phi) is 8.85. The van der Waals surface area contributed by atoms with Crippen molar-refractivity contribution in [3.63, 3.8) is 0 Å². The van der Waals surface area contributed by atoms with Gasteiger partial charge in [-0.1, -0.05) is 17.7 Å². The smallest absolute Gasteiger partial charge is 0.316 e. The van der Waals surface area contributed by atoms with Gasteiger partial charge in [0.15, 0.2) is 0 Å². The van der Waals surface area contributed by atoms with E-state index < -0.39 is 5.41 Å². The molecular formula is C29H38ClN3O4S. The van der Waals surface area contributed by atoms with E-state index in [1.807, 2.05) is 12.1 Å². The molecular weight excluding hydrogens is 522 g/mol. The first-order valence-corrected chi connectivity index (χ1v) is 14.6. The standard InChI is InChI=1S/C29H38ClN3O4S/c1-19(2)31-14-11-20(12-15-31)13-16-33-22-7-6-8-23(37-28(36)29(3,4)5)21(22)17-32(18-26(33)34)27(35)24-9-10-25(30)38-24/h6-10,19-20H,11-18H2,1-5H3. The quantitative estimate of drug-likeness (QED) is 0.328. The van der Waals surface area contributed by atoms with Gasteiger partial charge in [-0.15, -0.1) is 11.3 Å². The fourth-order valence-electron chi connectivity index (χ4n) is 4.99. The number of rotatable bonds is 6. The molecule has 0 N–H and O–H groups in total. The van der Waals surface area contributed by atoms with E-state index in [2.05, 4.69) is 18.7 Å². The molecule has 2 aliphatic heterocycles. The van der Waals surface area contributed by atoms with Crippen molar-refractivity contribution in [2.45, 2.75) is 66.5 Å². The summed E-state index contributed by atoms with van der Waals surface area (Å²) in [6, 6.07) is 9.34. The molecule has 38 heavy (non-hydrogen) atoms. The highest BCUT2D eigenvalue weighted by atomic mass is 35.5. The number of esters is 1. The molecule has 206 valence electrons. The third kappa shape index (κ3) is 6.58. The van der Waals surface area contributed by atoms with Crippen LogP contribution in [0.2, 0.25) is 4.34 Å². The van der Waals surface area contributed by atoms with Crippen LogP contribution in [0, 0.1) is 11.3 Å². The van der Waals surface area contributed by atoms with Crippen molar-refractivity contribution in [3.8, 4) is 5.75 Å². The molecule has 2 amide bonds. The minimum atomic E-state index is -0.697. The van der Waals surface area contributed by atoms with Crippen LogP contribution < -0.4 is 9.64 Å². The Morgan fingerprint density at radius 1 is 1.11 bits per heavy atom. The van der Waals surface area contributed by atoms with Gasteiger partial charge in [0.1, 0.15) is 12.3 Å². The average molecular weight is 560 g/mol. The average Bonchev–Trinajstić information content (AvgIpc) is 3.24. The molecule has 3 heterocycles. The van der Waals surface area contributed by atoms with Gasteiger partial charge in [0, 0.05) is 18.2 Å². The molecule has 7 nitrogen and oxygen atoms in total. The first-order valence-electron chi connectivity index (χ1n) is 13.4. The predicted molar refractivity (Wildman–Crippen MR) is 152 cm³/mol. The summed E-state index contributed by atoms with van der Waals surface area (Å²) in [7, 11) is 0. The summed E-state index contributed by atoms with van der Waals surface area (Å²) >= 11 is 7.28. The number of carbonyl (C=O) groups excluding carboxylic acids is 3. The minimum Gasteiger partial charge on any atom is -0.426 e. The third-order valence-corrected chi connectivity index (χ3v) is 8.62. The molecule has 1 saturated heterocycles. The topological polar surface area (TPSA) is 70.2 Å². The highest BCUT2D eigenvalue weighted by Gasteiger charge is 2.34. The SMILES string of the molecule is CC(C)N1CCC(CCN2C(=O)CN(C(=O)c3ccc(Cl)s3)Cc3c(OC(=O)C(C)(C)C)cccc32)CC1. The number of ether oxygens (including phenoxy) is 1. The zero-order valence-electron chi connectivity index (χ0n) is 23.0. The van der Waals surface area contributed by atoms with Gasteiger partial charge < -0.3 is 19.4 Å². The molecule has 4 rings (SSSR count). The number of nitrogens with zero attached hydrogens (tertiary/aromatic N) is 3. The van der Waals surface area contributed by atoms with E-state index >= 15 is 0 Å². The van der Waals surface area contributed by atoms with Gasteiger partial charge in [0.05, 0.1) is 26.9 Å². The lowest BCUT2D eigenvalue weighted by Gasteiger charge is -2.35. The molecule has 0 saturated carbocycles. The van der Waals surface area contributed by atoms with E-state index in [0.717, 1.165) is 32.4 Å². The molecule has 0 aliphatic carbocycles. The van der Waals surface area contributed by atoms with E-state index in [9.17, 15) is 14.4 Å². The number of amides is 2. The van der Waals surface area contributed by atoms with E-state index in [1.165, 1.54) is 16.2 Å². The summed E-state index contributed by atoms with van der Waals surface area (Å²) in [6.07, 6.45) is 3.11. The Morgan fingerprint density at radius 2 is 1.82 bits per heavy atom. The molecule has 0 atom stereocenters. The number of thiophene rings is 1. The Balaban J connectivity index is 1.62. The van der Waals surface area contributed by atoms with E-state index in [1.54, 1.807) is 43.9 Å². The first-order chi connectivity index (χ1) is 17.9. The van der Waals surface area contributed by atoms with Crippen molar-refractivity contribution < 1.29 is 19.1 Å². The zero-order chi connectivity index (χ0) is 27.6. The van der Waals surface area contributed by atoms with Gasteiger partial charge in [-0.05, 0) is 97.2 Å². The summed E-state index contributed by atoms with van der Waals surface area (Å²) in [5.41, 5.74) is 0.673. The number of anilines is 1. The van der Waals surface area contributed by atoms with E-state index in [-0.39, 0.29) is 30.9 Å². The third-order valence-electron chi connectivity index (χ3n) is 7.40. The molecule has 1 aromatic heterocycles. The van der Waals surface area contributed by atoms with Gasteiger partial charge >= 0.3 is 5.97 Å². The summed E-state index contributed by atoms with van der Waals surface area (Å²) < 4.78 is 6.36. The molecule has 0 unspecified atom stereocenters. The second-order valence-electron chi connectivity index (χ2n) is 11.6. The van der Waals surface area contributed by atoms with Crippen molar-refractivity contribution in [2.75, 3.05) is 31.1 Å². The lowest BCUT2D eigenvalue weighted by molar-refractivity contribution is -0.143. The van der Waals surface area contributed by atoms with Crippen LogP contribution in [0.5, 0.6) is 5.75 Å². The van der Waals surface area contributed by atoms with Gasteiger partial charge in [-0.25, -0.2) is 0 Å². The van der Waals surface area contributed by atoms with Crippen molar-refractivity contribution in [2.24, 2.45) is 11.3 Å². The first kappa shape index (κ1) is 28.6. The van der Waals surface area contributed by atoms with Gasteiger partial charge in [-0.3, -0.25) is 14.4 Å². The number of likely N-dealkylation sites (tertiary alicyclic amines) is 1. The fourth-order valence-corrected chi connectivity index (χ4v) is 6.00. The second-order valence-corrected chi connectivity index (χ2v) is 13.3. The summed E-state index contributed by atoms with van der Waals surface area (Å²) in [6.45, 7) is 12.7. The van der Waals surface area contributed by atoms with Crippen molar-refractivity contribution in [1.29, 1.82) is 0 Å². The number of hydrogen-bond donors (Lipinski definition) is 0. The fraction of sp³-hybridized carbons (Fsp3) is 0.552. The maximum absolute atomic E-state index is 13.6. The number of halogens is 1. The van der Waals surface area contributed by atoms with Crippen LogP contribution in [-0.4, -0.2) is 59.8 Å². The zero-order valence-corrected chi connectivity index (χ0v) is 24.5. The molecule has 1 aromatic carbocycles. The van der Waals surface area contributed by atoms with Gasteiger partial charge in [0.25, 0.3) is 5.91 Å². The second kappa shape index (κ2) is 11.8. The van der Waals surface area contributed by atoms with Gasteiger partial charge in [-0.2, -0.15) is 0 Å².